The Morgan fingerprint density at radius 3 is 2.61 bits per heavy atom. The minimum absolute atomic E-state index is 0.00294. The van der Waals surface area contributed by atoms with Crippen LogP contribution in [0.5, 0.6) is 0 Å². The smallest absolute Gasteiger partial charge is 0.251 e. The molecule has 1 saturated heterocycles. The molecule has 1 amide bonds. The lowest BCUT2D eigenvalue weighted by Crippen LogP contribution is -2.31. The molecule has 0 spiro atoms. The lowest BCUT2D eigenvalue weighted by atomic mass is 10.1. The Hall–Kier alpha value is -0.000000000000000111. The van der Waals surface area contributed by atoms with Gasteiger partial charge in [0.25, 0.3) is 5.91 Å². The van der Waals surface area contributed by atoms with E-state index in [1.54, 1.807) is 0 Å². The molecule has 1 fully saturated rings. The molecule has 1 aromatic rings. The van der Waals surface area contributed by atoms with Gasteiger partial charge in [0.05, 0.1) is 0 Å². The van der Waals surface area contributed by atoms with E-state index in [4.69, 9.17) is 0 Å². The first kappa shape index (κ1) is 14.4. The van der Waals surface area contributed by atoms with Gasteiger partial charge in [-0.1, -0.05) is 38.3 Å². The van der Waals surface area contributed by atoms with Crippen molar-refractivity contribution in [3.8, 4) is 0 Å². The standard InChI is InChI=1S/C13H15Br2NOS/c14-10-5-9(6-11(15)7-10)13(17)16-8-12-3-1-2-4-18-12/h5-7,12H,1-4,8H2,(H,16,17). The topological polar surface area (TPSA) is 29.1 Å². The zero-order chi connectivity index (χ0) is 13.0. The highest BCUT2D eigenvalue weighted by Crippen LogP contribution is 2.24. The number of hydrogen-bond donors (Lipinski definition) is 1. The van der Waals surface area contributed by atoms with E-state index in [0.29, 0.717) is 10.8 Å². The molecule has 1 aliphatic rings. The van der Waals surface area contributed by atoms with Crippen molar-refractivity contribution in [3.63, 3.8) is 0 Å². The van der Waals surface area contributed by atoms with E-state index in [2.05, 4.69) is 37.2 Å². The molecule has 0 aliphatic carbocycles. The summed E-state index contributed by atoms with van der Waals surface area (Å²) in [5, 5.41) is 3.60. The SMILES string of the molecule is O=C(NCC1CCCCS1)c1cc(Br)cc(Br)c1. The fraction of sp³-hybridized carbons (Fsp3) is 0.462. The molecule has 1 N–H and O–H groups in total. The Morgan fingerprint density at radius 1 is 1.28 bits per heavy atom. The van der Waals surface area contributed by atoms with Crippen molar-refractivity contribution in [3.05, 3.63) is 32.7 Å². The quantitative estimate of drug-likeness (QED) is 0.833. The summed E-state index contributed by atoms with van der Waals surface area (Å²) in [7, 11) is 0. The number of benzene rings is 1. The lowest BCUT2D eigenvalue weighted by Gasteiger charge is -2.21. The van der Waals surface area contributed by atoms with Gasteiger partial charge in [-0.3, -0.25) is 4.79 Å². The molecular weight excluding hydrogens is 378 g/mol. The van der Waals surface area contributed by atoms with Crippen LogP contribution in [0.1, 0.15) is 29.6 Å². The average molecular weight is 393 g/mol. The van der Waals surface area contributed by atoms with Crippen LogP contribution in [0.15, 0.2) is 27.1 Å². The highest BCUT2D eigenvalue weighted by Gasteiger charge is 2.15. The van der Waals surface area contributed by atoms with Gasteiger partial charge >= 0.3 is 0 Å². The molecule has 1 aliphatic heterocycles. The van der Waals surface area contributed by atoms with Crippen molar-refractivity contribution < 1.29 is 4.79 Å². The summed E-state index contributed by atoms with van der Waals surface area (Å²) in [6.07, 6.45) is 3.82. The van der Waals surface area contributed by atoms with Gasteiger partial charge in [-0.05, 0) is 36.8 Å². The van der Waals surface area contributed by atoms with Crippen molar-refractivity contribution >= 4 is 49.5 Å². The van der Waals surface area contributed by atoms with Crippen molar-refractivity contribution in [2.24, 2.45) is 0 Å². The molecule has 2 nitrogen and oxygen atoms in total. The lowest BCUT2D eigenvalue weighted by molar-refractivity contribution is 0.0953. The molecule has 2 rings (SSSR count). The monoisotopic (exact) mass is 391 g/mol. The van der Waals surface area contributed by atoms with E-state index in [-0.39, 0.29) is 5.91 Å². The first-order chi connectivity index (χ1) is 8.65. The highest BCUT2D eigenvalue weighted by atomic mass is 79.9. The van der Waals surface area contributed by atoms with Gasteiger partial charge in [0.15, 0.2) is 0 Å². The fourth-order valence-electron chi connectivity index (χ4n) is 1.96. The number of halogens is 2. The molecule has 1 atom stereocenters. The zero-order valence-corrected chi connectivity index (χ0v) is 13.9. The molecule has 0 bridgehead atoms. The highest BCUT2D eigenvalue weighted by molar-refractivity contribution is 9.11. The molecule has 5 heteroatoms. The van der Waals surface area contributed by atoms with Gasteiger partial charge in [0, 0.05) is 26.3 Å². The summed E-state index contributed by atoms with van der Waals surface area (Å²) in [5.41, 5.74) is 0.692. The molecule has 0 aromatic heterocycles. The van der Waals surface area contributed by atoms with Gasteiger partial charge in [0.2, 0.25) is 0 Å². The number of hydrogen-bond acceptors (Lipinski definition) is 2. The number of thioether (sulfide) groups is 1. The second-order valence-corrected chi connectivity index (χ2v) is 7.60. The second-order valence-electron chi connectivity index (χ2n) is 4.36. The van der Waals surface area contributed by atoms with Crippen LogP contribution in [0.2, 0.25) is 0 Å². The molecular formula is C13H15Br2NOS. The number of nitrogens with one attached hydrogen (secondary N) is 1. The normalized spacial score (nSPS) is 19.6. The Morgan fingerprint density at radius 2 is 2.00 bits per heavy atom. The fourth-order valence-corrected chi connectivity index (χ4v) is 4.49. The first-order valence-corrected chi connectivity index (χ1v) is 8.64. The van der Waals surface area contributed by atoms with Gasteiger partial charge in [-0.25, -0.2) is 0 Å². The third kappa shape index (κ3) is 4.28. The molecule has 0 saturated carbocycles. The van der Waals surface area contributed by atoms with Crippen LogP contribution in [-0.4, -0.2) is 23.5 Å². The summed E-state index contributed by atoms with van der Waals surface area (Å²) < 4.78 is 1.82. The summed E-state index contributed by atoms with van der Waals surface area (Å²) in [5.74, 6) is 1.23. The number of amides is 1. The Bertz CT molecular complexity index is 413. The van der Waals surface area contributed by atoms with E-state index < -0.39 is 0 Å². The Labute approximate surface area is 129 Å². The predicted molar refractivity (Wildman–Crippen MR) is 84.3 cm³/mol. The van der Waals surface area contributed by atoms with Crippen molar-refractivity contribution in [2.75, 3.05) is 12.3 Å². The van der Waals surface area contributed by atoms with Crippen molar-refractivity contribution in [1.82, 2.24) is 5.32 Å². The summed E-state index contributed by atoms with van der Waals surface area (Å²) >= 11 is 8.76. The molecule has 1 aromatic carbocycles. The van der Waals surface area contributed by atoms with Crippen LogP contribution >= 0.6 is 43.6 Å². The molecule has 1 unspecified atom stereocenters. The van der Waals surface area contributed by atoms with Crippen LogP contribution in [0, 0.1) is 0 Å². The maximum Gasteiger partial charge on any atom is 0.251 e. The van der Waals surface area contributed by atoms with Gasteiger partial charge < -0.3 is 5.32 Å². The maximum atomic E-state index is 12.0. The average Bonchev–Trinajstić information content (AvgIpc) is 2.36. The number of rotatable bonds is 3. The van der Waals surface area contributed by atoms with Gasteiger partial charge in [0.1, 0.15) is 0 Å². The number of carbonyl (C=O) groups is 1. The predicted octanol–water partition coefficient (Wildman–Crippen LogP) is 4.23. The van der Waals surface area contributed by atoms with Crippen LogP contribution in [0.25, 0.3) is 0 Å². The number of carbonyl (C=O) groups excluding carboxylic acids is 1. The third-order valence-corrected chi connectivity index (χ3v) is 5.20. The van der Waals surface area contributed by atoms with Crippen LogP contribution in [0.4, 0.5) is 0 Å². The third-order valence-electron chi connectivity index (χ3n) is 2.89. The van der Waals surface area contributed by atoms with E-state index in [1.807, 2.05) is 30.0 Å². The minimum Gasteiger partial charge on any atom is -0.351 e. The first-order valence-electron chi connectivity index (χ1n) is 6.01. The van der Waals surface area contributed by atoms with Gasteiger partial charge in [-0.15, -0.1) is 0 Å². The Balaban J connectivity index is 1.90. The summed E-state index contributed by atoms with van der Waals surface area (Å²) in [6.45, 7) is 0.771. The van der Waals surface area contributed by atoms with Crippen molar-refractivity contribution in [1.29, 1.82) is 0 Å². The summed E-state index contributed by atoms with van der Waals surface area (Å²) in [4.78, 5) is 12.0. The van der Waals surface area contributed by atoms with Crippen molar-refractivity contribution in [2.45, 2.75) is 24.5 Å². The summed E-state index contributed by atoms with van der Waals surface area (Å²) in [6, 6.07) is 5.61. The zero-order valence-electron chi connectivity index (χ0n) is 9.92. The molecule has 0 radical (unpaired) electrons. The molecule has 98 valence electrons. The minimum atomic E-state index is 0.00294. The molecule has 18 heavy (non-hydrogen) atoms. The maximum absolute atomic E-state index is 12.0. The van der Waals surface area contributed by atoms with Crippen LogP contribution in [-0.2, 0) is 0 Å². The van der Waals surface area contributed by atoms with Gasteiger partial charge in [-0.2, -0.15) is 11.8 Å². The van der Waals surface area contributed by atoms with Crippen LogP contribution < -0.4 is 5.32 Å². The van der Waals surface area contributed by atoms with E-state index >= 15 is 0 Å². The van der Waals surface area contributed by atoms with E-state index in [9.17, 15) is 4.79 Å². The van der Waals surface area contributed by atoms with E-state index in [1.165, 1.54) is 25.0 Å². The largest absolute Gasteiger partial charge is 0.351 e. The molecule has 1 heterocycles. The van der Waals surface area contributed by atoms with Crippen LogP contribution in [0.3, 0.4) is 0 Å². The Kier molecular flexibility index (Phi) is 5.57. The second kappa shape index (κ2) is 6.96. The van der Waals surface area contributed by atoms with E-state index in [0.717, 1.165) is 15.5 Å².